The molecule has 0 saturated heterocycles. The van der Waals surface area contributed by atoms with Crippen molar-refractivity contribution < 1.29 is 19.8 Å². The van der Waals surface area contributed by atoms with Crippen molar-refractivity contribution in [3.63, 3.8) is 0 Å². The van der Waals surface area contributed by atoms with Crippen LogP contribution >= 0.6 is 0 Å². The third-order valence-electron chi connectivity index (χ3n) is 2.12. The fraction of sp³-hybridized carbons (Fsp3) is 0.200. The van der Waals surface area contributed by atoms with Crippen LogP contribution in [0.2, 0.25) is 0 Å². The van der Waals surface area contributed by atoms with Crippen LogP contribution in [-0.4, -0.2) is 34.1 Å². The van der Waals surface area contributed by atoms with Crippen LogP contribution in [0.5, 0.6) is 0 Å². The molecule has 6 nitrogen and oxygen atoms in total. The second-order valence-electron chi connectivity index (χ2n) is 3.26. The number of ketones is 1. The molecule has 1 rings (SSSR count). The lowest BCUT2D eigenvalue weighted by molar-refractivity contribution is -0.140. The van der Waals surface area contributed by atoms with Gasteiger partial charge in [-0.2, -0.15) is 0 Å². The SMILES string of the molecule is Nc1ccccc1C(=O)[C@H](O)C(N)C(=O)O. The summed E-state index contributed by atoms with van der Waals surface area (Å²) in [6, 6.07) is 4.40. The van der Waals surface area contributed by atoms with Gasteiger partial charge < -0.3 is 21.7 Å². The standard InChI is InChI=1S/C10H12N2O4/c11-6-4-2-1-3-5(6)8(13)9(14)7(12)10(15)16/h1-4,7,9,14H,11-12H2,(H,15,16)/t7?,9-/m1/s1. The quantitative estimate of drug-likeness (QED) is 0.392. The summed E-state index contributed by atoms with van der Waals surface area (Å²) < 4.78 is 0. The van der Waals surface area contributed by atoms with Crippen molar-refractivity contribution in [3.05, 3.63) is 29.8 Å². The predicted molar refractivity (Wildman–Crippen MR) is 56.8 cm³/mol. The van der Waals surface area contributed by atoms with E-state index in [0.29, 0.717) is 0 Å². The van der Waals surface area contributed by atoms with E-state index < -0.39 is 23.9 Å². The molecule has 0 spiro atoms. The van der Waals surface area contributed by atoms with E-state index in [9.17, 15) is 14.7 Å². The van der Waals surface area contributed by atoms with Crippen LogP contribution in [0.1, 0.15) is 10.4 Å². The highest BCUT2D eigenvalue weighted by Crippen LogP contribution is 2.14. The van der Waals surface area contributed by atoms with Gasteiger partial charge in [-0.15, -0.1) is 0 Å². The number of aliphatic hydroxyl groups excluding tert-OH is 1. The fourth-order valence-electron chi connectivity index (χ4n) is 1.18. The van der Waals surface area contributed by atoms with Crippen LogP contribution in [0.25, 0.3) is 0 Å². The number of carbonyl (C=O) groups excluding carboxylic acids is 1. The summed E-state index contributed by atoms with van der Waals surface area (Å²) in [4.78, 5) is 22.1. The van der Waals surface area contributed by atoms with Crippen LogP contribution in [0.15, 0.2) is 24.3 Å². The first-order chi connectivity index (χ1) is 7.45. The fourth-order valence-corrected chi connectivity index (χ4v) is 1.18. The Bertz CT molecular complexity index is 419. The number of carboxylic acids is 1. The molecule has 0 amide bonds. The molecule has 0 fully saturated rings. The number of aliphatic carboxylic acids is 1. The Balaban J connectivity index is 2.95. The predicted octanol–water partition coefficient (Wildman–Crippen LogP) is -0.776. The van der Waals surface area contributed by atoms with Gasteiger partial charge in [0.05, 0.1) is 0 Å². The number of hydrogen-bond acceptors (Lipinski definition) is 5. The summed E-state index contributed by atoms with van der Waals surface area (Å²) in [7, 11) is 0. The van der Waals surface area contributed by atoms with Gasteiger partial charge in [-0.05, 0) is 12.1 Å². The highest BCUT2D eigenvalue weighted by molar-refractivity contribution is 6.05. The number of Topliss-reactive ketones (excluding diaryl/α,β-unsaturated/α-hetero) is 1. The molecule has 0 radical (unpaired) electrons. The highest BCUT2D eigenvalue weighted by Gasteiger charge is 2.30. The summed E-state index contributed by atoms with van der Waals surface area (Å²) in [5, 5.41) is 18.0. The average Bonchev–Trinajstić information content (AvgIpc) is 2.26. The van der Waals surface area contributed by atoms with Gasteiger partial charge in [0, 0.05) is 11.3 Å². The van der Waals surface area contributed by atoms with Gasteiger partial charge in [0.15, 0.2) is 5.78 Å². The van der Waals surface area contributed by atoms with E-state index in [0.717, 1.165) is 0 Å². The van der Waals surface area contributed by atoms with Gasteiger partial charge in [-0.1, -0.05) is 12.1 Å². The molecule has 1 unspecified atom stereocenters. The van der Waals surface area contributed by atoms with E-state index in [1.54, 1.807) is 12.1 Å². The van der Waals surface area contributed by atoms with E-state index in [2.05, 4.69) is 0 Å². The number of carboxylic acid groups (broad SMARTS) is 1. The van der Waals surface area contributed by atoms with Gasteiger partial charge in [0.25, 0.3) is 0 Å². The first-order valence-electron chi connectivity index (χ1n) is 4.50. The Kier molecular flexibility index (Phi) is 3.60. The Labute approximate surface area is 91.5 Å². The molecule has 0 aromatic heterocycles. The van der Waals surface area contributed by atoms with E-state index in [4.69, 9.17) is 16.6 Å². The molecule has 16 heavy (non-hydrogen) atoms. The molecule has 0 saturated carbocycles. The summed E-state index contributed by atoms with van der Waals surface area (Å²) in [5.41, 5.74) is 10.9. The highest BCUT2D eigenvalue weighted by atomic mass is 16.4. The molecule has 0 heterocycles. The Morgan fingerprint density at radius 3 is 2.31 bits per heavy atom. The number of benzene rings is 1. The van der Waals surface area contributed by atoms with Crippen LogP contribution in [0.4, 0.5) is 5.69 Å². The maximum atomic E-state index is 11.6. The summed E-state index contributed by atoms with van der Waals surface area (Å²) >= 11 is 0. The van der Waals surface area contributed by atoms with Gasteiger partial charge in [0.1, 0.15) is 12.1 Å². The Morgan fingerprint density at radius 2 is 1.81 bits per heavy atom. The number of nitrogens with two attached hydrogens (primary N) is 2. The van der Waals surface area contributed by atoms with Gasteiger partial charge >= 0.3 is 5.97 Å². The van der Waals surface area contributed by atoms with Gasteiger partial charge in [-0.25, -0.2) is 0 Å². The van der Waals surface area contributed by atoms with E-state index in [1.807, 2.05) is 0 Å². The zero-order chi connectivity index (χ0) is 12.3. The molecule has 2 atom stereocenters. The monoisotopic (exact) mass is 224 g/mol. The zero-order valence-corrected chi connectivity index (χ0v) is 8.33. The zero-order valence-electron chi connectivity index (χ0n) is 8.33. The lowest BCUT2D eigenvalue weighted by Gasteiger charge is -2.14. The number of anilines is 1. The number of rotatable bonds is 4. The van der Waals surface area contributed by atoms with Crippen molar-refractivity contribution >= 4 is 17.4 Å². The molecule has 1 aromatic carbocycles. The van der Waals surface area contributed by atoms with Crippen LogP contribution < -0.4 is 11.5 Å². The molecule has 0 aliphatic heterocycles. The van der Waals surface area contributed by atoms with Crippen molar-refractivity contribution in [2.24, 2.45) is 5.73 Å². The van der Waals surface area contributed by atoms with Crippen molar-refractivity contribution in [2.75, 3.05) is 5.73 Å². The molecule has 6 N–H and O–H groups in total. The van der Waals surface area contributed by atoms with Gasteiger partial charge in [0.2, 0.25) is 0 Å². The Morgan fingerprint density at radius 1 is 1.25 bits per heavy atom. The minimum atomic E-state index is -1.80. The van der Waals surface area contributed by atoms with Crippen LogP contribution in [-0.2, 0) is 4.79 Å². The minimum absolute atomic E-state index is 0.0618. The summed E-state index contributed by atoms with van der Waals surface area (Å²) in [5.74, 6) is -2.25. The first kappa shape index (κ1) is 12.2. The lowest BCUT2D eigenvalue weighted by atomic mass is 10.00. The third-order valence-corrected chi connectivity index (χ3v) is 2.12. The molecule has 86 valence electrons. The number of aliphatic hydroxyl groups is 1. The van der Waals surface area contributed by atoms with E-state index in [-0.39, 0.29) is 11.3 Å². The number of carbonyl (C=O) groups is 2. The second-order valence-corrected chi connectivity index (χ2v) is 3.26. The largest absolute Gasteiger partial charge is 0.480 e. The average molecular weight is 224 g/mol. The normalized spacial score (nSPS) is 14.1. The number of nitrogen functional groups attached to an aromatic ring is 1. The third kappa shape index (κ3) is 2.36. The molecule has 0 bridgehead atoms. The van der Waals surface area contributed by atoms with Crippen LogP contribution in [0, 0.1) is 0 Å². The number of hydrogen-bond donors (Lipinski definition) is 4. The number of para-hydroxylation sites is 1. The van der Waals surface area contributed by atoms with E-state index >= 15 is 0 Å². The summed E-state index contributed by atoms with van der Waals surface area (Å²) in [6.07, 6.45) is -1.80. The van der Waals surface area contributed by atoms with E-state index in [1.165, 1.54) is 12.1 Å². The van der Waals surface area contributed by atoms with Crippen molar-refractivity contribution in [2.45, 2.75) is 12.1 Å². The lowest BCUT2D eigenvalue weighted by Crippen LogP contribution is -2.46. The molecule has 0 aliphatic rings. The maximum Gasteiger partial charge on any atom is 0.323 e. The van der Waals surface area contributed by atoms with Crippen molar-refractivity contribution in [1.29, 1.82) is 0 Å². The topological polar surface area (TPSA) is 127 Å². The van der Waals surface area contributed by atoms with Crippen molar-refractivity contribution in [3.8, 4) is 0 Å². The summed E-state index contributed by atoms with van der Waals surface area (Å²) in [6.45, 7) is 0. The minimum Gasteiger partial charge on any atom is -0.480 e. The smallest absolute Gasteiger partial charge is 0.323 e. The second kappa shape index (κ2) is 4.73. The molecular weight excluding hydrogens is 212 g/mol. The molecular formula is C10H12N2O4. The maximum absolute atomic E-state index is 11.6. The van der Waals surface area contributed by atoms with Crippen molar-refractivity contribution in [1.82, 2.24) is 0 Å². The molecule has 1 aromatic rings. The Hall–Kier alpha value is -1.92. The van der Waals surface area contributed by atoms with Crippen LogP contribution in [0.3, 0.4) is 0 Å². The molecule has 6 heteroatoms. The molecule has 0 aliphatic carbocycles. The van der Waals surface area contributed by atoms with Gasteiger partial charge in [-0.3, -0.25) is 9.59 Å². The first-order valence-corrected chi connectivity index (χ1v) is 4.50.